The summed E-state index contributed by atoms with van der Waals surface area (Å²) < 4.78 is 0. The lowest BCUT2D eigenvalue weighted by atomic mass is 27.6. The molecular weight excluding hydrogens is 233 g/mol. The Hall–Kier alpha value is 1.88. The maximum atomic E-state index is 4.97. The molecule has 0 aliphatic heterocycles. The van der Waals surface area contributed by atoms with Gasteiger partial charge in [-0.05, 0) is 0 Å². The number of rotatable bonds is 0. The van der Waals surface area contributed by atoms with Crippen molar-refractivity contribution >= 4 is 70.3 Å². The standard InChI is InChI=1S/Cl4Si.ClH3Si/c1-5(2,3)4;1-2/h;2H3. The van der Waals surface area contributed by atoms with Crippen LogP contribution in [0.5, 0.6) is 0 Å². The monoisotopic (exact) mass is 234 g/mol. The van der Waals surface area contributed by atoms with Gasteiger partial charge in [-0.25, -0.2) is 0 Å². The minimum absolute atomic E-state index is 0.778. The van der Waals surface area contributed by atoms with Gasteiger partial charge >= 0.3 is 5.31 Å². The lowest BCUT2D eigenvalue weighted by molar-refractivity contribution is 3.80. The molecular formula is H3Cl5Si2. The van der Waals surface area contributed by atoms with Crippen molar-refractivity contribution in [2.24, 2.45) is 0 Å². The van der Waals surface area contributed by atoms with Gasteiger partial charge in [0.1, 0.15) is 9.55 Å². The van der Waals surface area contributed by atoms with Crippen LogP contribution in [0.2, 0.25) is 0 Å². The molecule has 0 aromatic rings. The second-order valence-electron chi connectivity index (χ2n) is 0.429. The molecule has 7 heteroatoms. The lowest BCUT2D eigenvalue weighted by Gasteiger charge is -1.85. The van der Waals surface area contributed by atoms with E-state index in [1.54, 1.807) is 0 Å². The van der Waals surface area contributed by atoms with Crippen molar-refractivity contribution in [2.75, 3.05) is 0 Å². The van der Waals surface area contributed by atoms with Crippen LogP contribution in [0.4, 0.5) is 0 Å². The molecule has 0 saturated heterocycles. The SMILES string of the molecule is Cl[Si](Cl)(Cl)Cl.[SiH3]Cl. The van der Waals surface area contributed by atoms with Crippen molar-refractivity contribution in [1.29, 1.82) is 0 Å². The topological polar surface area (TPSA) is 0 Å². The van der Waals surface area contributed by atoms with Gasteiger partial charge in [0, 0.05) is 0 Å². The molecule has 0 aromatic carbocycles. The molecule has 0 N–H and O–H groups in total. The first-order valence-electron chi connectivity index (χ1n) is 1.13. The predicted octanol–water partition coefficient (Wildman–Crippen LogP) is 1.88. The molecule has 0 aromatic heterocycles. The van der Waals surface area contributed by atoms with E-state index in [1.165, 1.54) is 0 Å². The van der Waals surface area contributed by atoms with Crippen molar-refractivity contribution in [3.05, 3.63) is 0 Å². The highest BCUT2D eigenvalue weighted by Crippen LogP contribution is 2.23. The summed E-state index contributed by atoms with van der Waals surface area (Å²) in [6, 6.07) is 0. The van der Waals surface area contributed by atoms with E-state index in [0.29, 0.717) is 0 Å². The lowest BCUT2D eigenvalue weighted by Crippen LogP contribution is -1.91. The van der Waals surface area contributed by atoms with Crippen molar-refractivity contribution < 1.29 is 0 Å². The van der Waals surface area contributed by atoms with Gasteiger partial charge in [0.2, 0.25) is 0 Å². The van der Waals surface area contributed by atoms with E-state index < -0.39 is 5.31 Å². The van der Waals surface area contributed by atoms with Crippen LogP contribution in [0.1, 0.15) is 0 Å². The van der Waals surface area contributed by atoms with E-state index in [1.807, 2.05) is 0 Å². The van der Waals surface area contributed by atoms with E-state index in [-0.39, 0.29) is 0 Å². The third kappa shape index (κ3) is 76.9. The fraction of sp³-hybridized carbons (Fsp3) is 0. The Morgan fingerprint density at radius 1 is 0.857 bits per heavy atom. The summed E-state index contributed by atoms with van der Waals surface area (Å²) in [6.45, 7) is 0. The van der Waals surface area contributed by atoms with Gasteiger partial charge in [0.25, 0.3) is 0 Å². The van der Waals surface area contributed by atoms with E-state index >= 15 is 0 Å². The van der Waals surface area contributed by atoms with Crippen LogP contribution in [0.15, 0.2) is 0 Å². The molecule has 0 aliphatic rings. The van der Waals surface area contributed by atoms with Crippen LogP contribution in [0.3, 0.4) is 0 Å². The van der Waals surface area contributed by atoms with Crippen LogP contribution in [-0.4, -0.2) is 14.9 Å². The summed E-state index contributed by atoms with van der Waals surface area (Å²) >= 11 is 24.6. The van der Waals surface area contributed by atoms with Gasteiger partial charge in [-0.3, -0.25) is 0 Å². The van der Waals surface area contributed by atoms with Crippen LogP contribution >= 0.6 is 55.4 Å². The first-order valence-corrected chi connectivity index (χ1v) is 10.2. The molecule has 0 nitrogen and oxygen atoms in total. The largest absolute Gasteiger partial charge is 0.440 e. The van der Waals surface area contributed by atoms with Gasteiger partial charge < -0.3 is 0 Å². The van der Waals surface area contributed by atoms with Gasteiger partial charge in [-0.15, -0.1) is 44.3 Å². The van der Waals surface area contributed by atoms with Crippen molar-refractivity contribution in [3.8, 4) is 0 Å². The average Bonchev–Trinajstić information content (AvgIpc) is 1.36. The van der Waals surface area contributed by atoms with Crippen LogP contribution < -0.4 is 0 Å². The second-order valence-corrected chi connectivity index (χ2v) is 11.6. The highest BCUT2D eigenvalue weighted by molar-refractivity contribution is 7.81. The quantitative estimate of drug-likeness (QED) is 0.445. The Morgan fingerprint density at radius 2 is 0.857 bits per heavy atom. The Labute approximate surface area is 70.0 Å². The summed E-state index contributed by atoms with van der Waals surface area (Å²) in [6.07, 6.45) is 0. The fourth-order valence-corrected chi connectivity index (χ4v) is 0. The van der Waals surface area contributed by atoms with E-state index in [2.05, 4.69) is 0 Å². The normalized spacial score (nSPS) is 9.86. The molecule has 7 heavy (non-hydrogen) atoms. The van der Waals surface area contributed by atoms with Gasteiger partial charge in [0.05, 0.1) is 0 Å². The van der Waals surface area contributed by atoms with Crippen LogP contribution in [0.25, 0.3) is 0 Å². The minimum Gasteiger partial charge on any atom is -0.181 e. The molecule has 0 amide bonds. The molecule has 0 rings (SSSR count). The molecule has 46 valence electrons. The van der Waals surface area contributed by atoms with Crippen molar-refractivity contribution in [3.63, 3.8) is 0 Å². The summed E-state index contributed by atoms with van der Waals surface area (Å²) in [7, 11) is 0.778. The predicted molar refractivity (Wildman–Crippen MR) is 45.0 cm³/mol. The van der Waals surface area contributed by atoms with Crippen molar-refractivity contribution in [1.82, 2.24) is 0 Å². The number of halogens is 5. The Morgan fingerprint density at radius 3 is 0.857 bits per heavy atom. The third-order valence-corrected chi connectivity index (χ3v) is 0. The summed E-state index contributed by atoms with van der Waals surface area (Å²) in [5.74, 6) is 0. The maximum absolute atomic E-state index is 4.97. The molecule has 0 radical (unpaired) electrons. The molecule has 0 aliphatic carbocycles. The zero-order valence-electron chi connectivity index (χ0n) is 3.39. The Balaban J connectivity index is 0. The first kappa shape index (κ1) is 11.7. The molecule has 0 heterocycles. The summed E-state index contributed by atoms with van der Waals surface area (Å²) in [5, 5.41) is -2.72. The first-order chi connectivity index (χ1) is 3.00. The number of hydrogen-bond donors (Lipinski definition) is 0. The number of hydrogen-bond acceptors (Lipinski definition) is 0. The van der Waals surface area contributed by atoms with E-state index in [0.717, 1.165) is 9.55 Å². The highest BCUT2D eigenvalue weighted by Gasteiger charge is 2.19. The summed E-state index contributed by atoms with van der Waals surface area (Å²) in [5.41, 5.74) is 0. The van der Waals surface area contributed by atoms with Crippen LogP contribution in [-0.2, 0) is 0 Å². The average molecular weight is 236 g/mol. The Kier molecular flexibility index (Phi) is 10.0. The smallest absolute Gasteiger partial charge is 0.181 e. The molecule has 0 unspecified atom stereocenters. The van der Waals surface area contributed by atoms with Gasteiger partial charge in [-0.1, -0.05) is 0 Å². The molecule has 0 saturated carbocycles. The van der Waals surface area contributed by atoms with Crippen LogP contribution in [0, 0.1) is 0 Å². The van der Waals surface area contributed by atoms with Crippen molar-refractivity contribution in [2.45, 2.75) is 0 Å². The molecule has 0 bridgehead atoms. The zero-order chi connectivity index (χ0) is 6.50. The second kappa shape index (κ2) is 6.01. The zero-order valence-corrected chi connectivity index (χ0v) is 10.2. The minimum atomic E-state index is -2.72. The fourth-order valence-electron chi connectivity index (χ4n) is 0. The third-order valence-electron chi connectivity index (χ3n) is 0. The van der Waals surface area contributed by atoms with Gasteiger partial charge in [0.15, 0.2) is 0 Å². The van der Waals surface area contributed by atoms with E-state index in [9.17, 15) is 0 Å². The maximum Gasteiger partial charge on any atom is 0.440 e. The summed E-state index contributed by atoms with van der Waals surface area (Å²) in [4.78, 5) is 0. The van der Waals surface area contributed by atoms with E-state index in [4.69, 9.17) is 55.4 Å². The van der Waals surface area contributed by atoms with Gasteiger partial charge in [-0.2, -0.15) is 11.1 Å². The molecule has 0 spiro atoms. The molecule has 0 fully saturated rings. The highest BCUT2D eigenvalue weighted by atomic mass is 36.0. The Bertz CT molecular complexity index is 21.6. The molecule has 0 atom stereocenters.